The molecular formula is C11H12FN3O2. The quantitative estimate of drug-likeness (QED) is 0.853. The van der Waals surface area contributed by atoms with Crippen molar-refractivity contribution in [2.75, 3.05) is 20.0 Å². The molecule has 0 spiro atoms. The van der Waals surface area contributed by atoms with Gasteiger partial charge in [0.25, 0.3) is 0 Å². The molecular weight excluding hydrogens is 225 g/mol. The number of halogens is 1. The molecule has 0 saturated carbocycles. The Morgan fingerprint density at radius 2 is 2.00 bits per heavy atom. The van der Waals surface area contributed by atoms with Gasteiger partial charge in [0.2, 0.25) is 0 Å². The third kappa shape index (κ3) is 1.77. The third-order valence-corrected chi connectivity index (χ3v) is 2.44. The van der Waals surface area contributed by atoms with Gasteiger partial charge >= 0.3 is 0 Å². The van der Waals surface area contributed by atoms with Crippen LogP contribution >= 0.6 is 0 Å². The summed E-state index contributed by atoms with van der Waals surface area (Å²) in [6, 6.07) is 3.18. The SMILES string of the molecule is COc1ccc(-c2cn[nH]c2N)c(F)c1OC. The number of hydrogen-bond donors (Lipinski definition) is 2. The maximum absolute atomic E-state index is 14.2. The van der Waals surface area contributed by atoms with E-state index >= 15 is 0 Å². The number of nitrogens with zero attached hydrogens (tertiary/aromatic N) is 1. The summed E-state index contributed by atoms with van der Waals surface area (Å²) in [4.78, 5) is 0. The first kappa shape index (κ1) is 11.3. The fourth-order valence-corrected chi connectivity index (χ4v) is 1.61. The van der Waals surface area contributed by atoms with Gasteiger partial charge in [0.05, 0.1) is 20.4 Å². The van der Waals surface area contributed by atoms with Crippen LogP contribution in [0.2, 0.25) is 0 Å². The van der Waals surface area contributed by atoms with E-state index in [4.69, 9.17) is 15.2 Å². The van der Waals surface area contributed by atoms with Gasteiger partial charge in [-0.25, -0.2) is 4.39 Å². The average molecular weight is 237 g/mol. The summed E-state index contributed by atoms with van der Waals surface area (Å²) in [5.41, 5.74) is 6.45. The number of methoxy groups -OCH3 is 2. The molecule has 1 aromatic carbocycles. The fraction of sp³-hybridized carbons (Fsp3) is 0.182. The molecule has 0 amide bonds. The van der Waals surface area contributed by atoms with Crippen LogP contribution in [0, 0.1) is 5.82 Å². The lowest BCUT2D eigenvalue weighted by Crippen LogP contribution is -1.97. The molecule has 1 aromatic heterocycles. The van der Waals surface area contributed by atoms with E-state index in [9.17, 15) is 4.39 Å². The van der Waals surface area contributed by atoms with E-state index in [1.54, 1.807) is 12.1 Å². The van der Waals surface area contributed by atoms with Crippen molar-refractivity contribution in [3.8, 4) is 22.6 Å². The highest BCUT2D eigenvalue weighted by molar-refractivity contribution is 5.75. The molecule has 1 heterocycles. The smallest absolute Gasteiger partial charge is 0.197 e. The molecule has 0 aliphatic heterocycles. The van der Waals surface area contributed by atoms with Crippen molar-refractivity contribution in [3.05, 3.63) is 24.1 Å². The molecule has 2 aromatic rings. The Morgan fingerprint density at radius 1 is 1.24 bits per heavy atom. The normalized spacial score (nSPS) is 10.3. The van der Waals surface area contributed by atoms with Crippen LogP contribution in [0.3, 0.4) is 0 Å². The topological polar surface area (TPSA) is 73.2 Å². The summed E-state index contributed by atoms with van der Waals surface area (Å²) in [6.07, 6.45) is 1.46. The first-order valence-electron chi connectivity index (χ1n) is 4.88. The minimum atomic E-state index is -0.528. The number of benzene rings is 1. The zero-order chi connectivity index (χ0) is 12.4. The zero-order valence-electron chi connectivity index (χ0n) is 9.45. The summed E-state index contributed by atoms with van der Waals surface area (Å²) in [7, 11) is 2.83. The average Bonchev–Trinajstić information content (AvgIpc) is 2.75. The van der Waals surface area contributed by atoms with Crippen molar-refractivity contribution in [3.63, 3.8) is 0 Å². The van der Waals surface area contributed by atoms with Gasteiger partial charge in [0, 0.05) is 11.1 Å². The number of nitrogen functional groups attached to an aromatic ring is 1. The lowest BCUT2D eigenvalue weighted by Gasteiger charge is -2.11. The maximum atomic E-state index is 14.2. The predicted molar refractivity (Wildman–Crippen MR) is 61.5 cm³/mol. The van der Waals surface area contributed by atoms with Gasteiger partial charge in [-0.1, -0.05) is 0 Å². The molecule has 0 atom stereocenters. The Morgan fingerprint density at radius 3 is 2.53 bits per heavy atom. The van der Waals surface area contributed by atoms with Gasteiger partial charge in [0.15, 0.2) is 17.3 Å². The lowest BCUT2D eigenvalue weighted by atomic mass is 10.1. The number of nitrogens with one attached hydrogen (secondary N) is 1. The van der Waals surface area contributed by atoms with E-state index in [1.807, 2.05) is 0 Å². The molecule has 5 nitrogen and oxygen atoms in total. The Hall–Kier alpha value is -2.24. The van der Waals surface area contributed by atoms with Crippen molar-refractivity contribution in [1.82, 2.24) is 10.2 Å². The number of aromatic amines is 1. The predicted octanol–water partition coefficient (Wildman–Crippen LogP) is 1.82. The highest BCUT2D eigenvalue weighted by atomic mass is 19.1. The van der Waals surface area contributed by atoms with Crippen LogP contribution in [0.4, 0.5) is 10.2 Å². The summed E-state index contributed by atoms with van der Waals surface area (Å²) >= 11 is 0. The Balaban J connectivity index is 2.61. The summed E-state index contributed by atoms with van der Waals surface area (Å²) in [6.45, 7) is 0. The number of rotatable bonds is 3. The molecule has 0 saturated heterocycles. The fourth-order valence-electron chi connectivity index (χ4n) is 1.61. The van der Waals surface area contributed by atoms with E-state index in [1.165, 1.54) is 20.4 Å². The van der Waals surface area contributed by atoms with Crippen LogP contribution in [0.25, 0.3) is 11.1 Å². The first-order chi connectivity index (χ1) is 8.19. The van der Waals surface area contributed by atoms with Gasteiger partial charge in [-0.3, -0.25) is 5.10 Å². The van der Waals surface area contributed by atoms with Crippen LogP contribution in [-0.4, -0.2) is 24.4 Å². The van der Waals surface area contributed by atoms with Crippen molar-refractivity contribution < 1.29 is 13.9 Å². The minimum Gasteiger partial charge on any atom is -0.493 e. The van der Waals surface area contributed by atoms with Crippen LogP contribution < -0.4 is 15.2 Å². The maximum Gasteiger partial charge on any atom is 0.197 e. The molecule has 0 aliphatic carbocycles. The minimum absolute atomic E-state index is 0.0469. The molecule has 3 N–H and O–H groups in total. The van der Waals surface area contributed by atoms with Gasteiger partial charge in [-0.2, -0.15) is 5.10 Å². The van der Waals surface area contributed by atoms with E-state index in [2.05, 4.69) is 10.2 Å². The van der Waals surface area contributed by atoms with Crippen LogP contribution in [-0.2, 0) is 0 Å². The van der Waals surface area contributed by atoms with Gasteiger partial charge < -0.3 is 15.2 Å². The second-order valence-corrected chi connectivity index (χ2v) is 3.36. The van der Waals surface area contributed by atoms with Crippen molar-refractivity contribution >= 4 is 5.82 Å². The third-order valence-electron chi connectivity index (χ3n) is 2.44. The van der Waals surface area contributed by atoms with Gasteiger partial charge in [-0.05, 0) is 12.1 Å². The lowest BCUT2D eigenvalue weighted by molar-refractivity contribution is 0.338. The van der Waals surface area contributed by atoms with E-state index < -0.39 is 5.82 Å². The molecule has 0 bridgehead atoms. The molecule has 6 heteroatoms. The Labute approximate surface area is 97.3 Å². The second kappa shape index (κ2) is 4.32. The molecule has 90 valence electrons. The highest BCUT2D eigenvalue weighted by Crippen LogP contribution is 2.37. The Bertz CT molecular complexity index is 540. The number of aromatic nitrogens is 2. The van der Waals surface area contributed by atoms with Crippen molar-refractivity contribution in [1.29, 1.82) is 0 Å². The largest absolute Gasteiger partial charge is 0.493 e. The van der Waals surface area contributed by atoms with Gasteiger partial charge in [0.1, 0.15) is 5.82 Å². The van der Waals surface area contributed by atoms with E-state index in [0.717, 1.165) is 0 Å². The second-order valence-electron chi connectivity index (χ2n) is 3.36. The first-order valence-corrected chi connectivity index (χ1v) is 4.88. The monoisotopic (exact) mass is 237 g/mol. The number of hydrogen-bond acceptors (Lipinski definition) is 4. The van der Waals surface area contributed by atoms with Gasteiger partial charge in [-0.15, -0.1) is 0 Å². The van der Waals surface area contributed by atoms with Crippen molar-refractivity contribution in [2.24, 2.45) is 0 Å². The highest BCUT2D eigenvalue weighted by Gasteiger charge is 2.18. The molecule has 0 unspecified atom stereocenters. The molecule has 17 heavy (non-hydrogen) atoms. The number of H-pyrrole nitrogens is 1. The number of ether oxygens (including phenoxy) is 2. The Kier molecular flexibility index (Phi) is 2.86. The van der Waals surface area contributed by atoms with E-state index in [0.29, 0.717) is 22.7 Å². The van der Waals surface area contributed by atoms with Crippen LogP contribution in [0.1, 0.15) is 0 Å². The zero-order valence-corrected chi connectivity index (χ0v) is 9.45. The van der Waals surface area contributed by atoms with Crippen molar-refractivity contribution in [2.45, 2.75) is 0 Å². The number of nitrogens with two attached hydrogens (primary N) is 1. The van der Waals surface area contributed by atoms with Crippen LogP contribution in [0.15, 0.2) is 18.3 Å². The molecule has 0 aliphatic rings. The van der Waals surface area contributed by atoms with Crippen LogP contribution in [0.5, 0.6) is 11.5 Å². The summed E-state index contributed by atoms with van der Waals surface area (Å²) in [5.74, 6) is 0.150. The van der Waals surface area contributed by atoms with E-state index in [-0.39, 0.29) is 5.75 Å². The number of anilines is 1. The summed E-state index contributed by atoms with van der Waals surface area (Å²) < 4.78 is 24.1. The standard InChI is InChI=1S/C11H12FN3O2/c1-16-8-4-3-6(9(12)10(8)17-2)7-5-14-15-11(7)13/h3-5H,1-2H3,(H3,13,14,15). The molecule has 0 radical (unpaired) electrons. The molecule has 0 fully saturated rings. The summed E-state index contributed by atoms with van der Waals surface area (Å²) in [5, 5.41) is 6.30. The molecule has 2 rings (SSSR count).